The van der Waals surface area contributed by atoms with E-state index in [2.05, 4.69) is 12.2 Å². The first-order valence-corrected chi connectivity index (χ1v) is 6.75. The van der Waals surface area contributed by atoms with Gasteiger partial charge in [0.05, 0.1) is 24.9 Å². The van der Waals surface area contributed by atoms with Crippen LogP contribution in [0.15, 0.2) is 12.1 Å². The lowest BCUT2D eigenvalue weighted by atomic mass is 10.1. The van der Waals surface area contributed by atoms with Crippen LogP contribution in [0, 0.1) is 5.92 Å². The highest BCUT2D eigenvalue weighted by atomic mass is 35.5. The second-order valence-electron chi connectivity index (χ2n) is 4.68. The van der Waals surface area contributed by atoms with Crippen molar-refractivity contribution in [3.05, 3.63) is 17.2 Å². The quantitative estimate of drug-likeness (QED) is 0.848. The molecule has 0 amide bonds. The number of methoxy groups -OCH3 is 2. The van der Waals surface area contributed by atoms with Crippen LogP contribution in [-0.4, -0.2) is 20.3 Å². The lowest BCUT2D eigenvalue weighted by Crippen LogP contribution is -2.21. The Morgan fingerprint density at radius 2 is 1.94 bits per heavy atom. The SMILES string of the molecule is CCC(Nc1cc(Cl)c(OC)cc1OC)C1CC1. The van der Waals surface area contributed by atoms with Crippen LogP contribution in [0.4, 0.5) is 5.69 Å². The van der Waals surface area contributed by atoms with Gasteiger partial charge in [0.15, 0.2) is 0 Å². The van der Waals surface area contributed by atoms with Crippen molar-refractivity contribution in [2.75, 3.05) is 19.5 Å². The average molecular weight is 270 g/mol. The summed E-state index contributed by atoms with van der Waals surface area (Å²) in [6.45, 7) is 2.20. The third kappa shape index (κ3) is 2.83. The fourth-order valence-electron chi connectivity index (χ4n) is 2.22. The van der Waals surface area contributed by atoms with Gasteiger partial charge in [-0.1, -0.05) is 18.5 Å². The summed E-state index contributed by atoms with van der Waals surface area (Å²) >= 11 is 6.16. The Morgan fingerprint density at radius 3 is 2.44 bits per heavy atom. The first-order chi connectivity index (χ1) is 8.69. The van der Waals surface area contributed by atoms with E-state index in [0.29, 0.717) is 16.8 Å². The Bertz CT molecular complexity index is 419. The van der Waals surface area contributed by atoms with Crippen LogP contribution < -0.4 is 14.8 Å². The predicted octanol–water partition coefficient (Wildman–Crippen LogP) is 3.96. The maximum Gasteiger partial charge on any atom is 0.145 e. The summed E-state index contributed by atoms with van der Waals surface area (Å²) in [6.07, 6.45) is 3.74. The fourth-order valence-corrected chi connectivity index (χ4v) is 2.47. The summed E-state index contributed by atoms with van der Waals surface area (Å²) in [5, 5.41) is 4.14. The van der Waals surface area contributed by atoms with Gasteiger partial charge in [-0.2, -0.15) is 0 Å². The fraction of sp³-hybridized carbons (Fsp3) is 0.571. The number of hydrogen-bond acceptors (Lipinski definition) is 3. The molecule has 0 aromatic heterocycles. The molecule has 2 rings (SSSR count). The van der Waals surface area contributed by atoms with Gasteiger partial charge in [-0.25, -0.2) is 0 Å². The van der Waals surface area contributed by atoms with Gasteiger partial charge in [-0.15, -0.1) is 0 Å². The van der Waals surface area contributed by atoms with Crippen molar-refractivity contribution in [2.45, 2.75) is 32.2 Å². The topological polar surface area (TPSA) is 30.5 Å². The minimum absolute atomic E-state index is 0.503. The molecule has 1 aliphatic rings. The Morgan fingerprint density at radius 1 is 1.28 bits per heavy atom. The van der Waals surface area contributed by atoms with Gasteiger partial charge >= 0.3 is 0 Å². The third-order valence-electron chi connectivity index (χ3n) is 3.45. The van der Waals surface area contributed by atoms with Crippen LogP contribution in [0.3, 0.4) is 0 Å². The summed E-state index contributed by atoms with van der Waals surface area (Å²) in [7, 11) is 3.26. The highest BCUT2D eigenvalue weighted by Crippen LogP contribution is 2.40. The van der Waals surface area contributed by atoms with Crippen molar-refractivity contribution < 1.29 is 9.47 Å². The molecule has 1 saturated carbocycles. The molecule has 0 bridgehead atoms. The molecule has 1 fully saturated rings. The molecule has 18 heavy (non-hydrogen) atoms. The highest BCUT2D eigenvalue weighted by Gasteiger charge is 2.30. The van der Waals surface area contributed by atoms with Gasteiger partial charge in [-0.05, 0) is 31.2 Å². The molecule has 0 radical (unpaired) electrons. The van der Waals surface area contributed by atoms with Crippen LogP contribution in [0.1, 0.15) is 26.2 Å². The molecule has 100 valence electrons. The van der Waals surface area contributed by atoms with E-state index in [1.165, 1.54) is 12.8 Å². The second kappa shape index (κ2) is 5.70. The predicted molar refractivity (Wildman–Crippen MR) is 75.0 cm³/mol. The zero-order chi connectivity index (χ0) is 13.1. The van der Waals surface area contributed by atoms with Crippen molar-refractivity contribution in [1.82, 2.24) is 0 Å². The third-order valence-corrected chi connectivity index (χ3v) is 3.74. The van der Waals surface area contributed by atoms with Crippen molar-refractivity contribution in [3.63, 3.8) is 0 Å². The number of benzene rings is 1. The maximum atomic E-state index is 6.16. The second-order valence-corrected chi connectivity index (χ2v) is 5.09. The molecule has 1 atom stereocenters. The molecule has 0 spiro atoms. The maximum absolute atomic E-state index is 6.16. The van der Waals surface area contributed by atoms with Gasteiger partial charge in [-0.3, -0.25) is 0 Å². The summed E-state index contributed by atoms with van der Waals surface area (Å²) in [4.78, 5) is 0. The van der Waals surface area contributed by atoms with Crippen LogP contribution >= 0.6 is 11.6 Å². The Labute approximate surface area is 113 Å². The van der Waals surface area contributed by atoms with Crippen molar-refractivity contribution in [1.29, 1.82) is 0 Å². The Hall–Kier alpha value is -1.09. The van der Waals surface area contributed by atoms with E-state index >= 15 is 0 Å². The molecule has 0 heterocycles. The minimum atomic E-state index is 0.503. The Balaban J connectivity index is 2.22. The number of nitrogens with one attached hydrogen (secondary N) is 1. The molecule has 1 aromatic rings. The van der Waals surface area contributed by atoms with Gasteiger partial charge in [0.1, 0.15) is 11.5 Å². The van der Waals surface area contributed by atoms with Crippen LogP contribution in [-0.2, 0) is 0 Å². The van der Waals surface area contributed by atoms with E-state index in [4.69, 9.17) is 21.1 Å². The standard InChI is InChI=1S/C14H20ClNO2/c1-4-11(9-5-6-9)16-12-7-10(15)13(17-2)8-14(12)18-3/h7-9,11,16H,4-6H2,1-3H3. The van der Waals surface area contributed by atoms with Crippen LogP contribution in [0.2, 0.25) is 5.02 Å². The van der Waals surface area contributed by atoms with E-state index in [-0.39, 0.29) is 0 Å². The van der Waals surface area contributed by atoms with E-state index in [9.17, 15) is 0 Å². The number of halogens is 1. The summed E-state index contributed by atoms with van der Waals surface area (Å²) in [6, 6.07) is 4.21. The molecule has 4 heteroatoms. The molecule has 1 N–H and O–H groups in total. The molecule has 0 saturated heterocycles. The average Bonchev–Trinajstić information content (AvgIpc) is 3.20. The summed E-state index contributed by atoms with van der Waals surface area (Å²) in [5.41, 5.74) is 0.946. The smallest absolute Gasteiger partial charge is 0.145 e. The largest absolute Gasteiger partial charge is 0.495 e. The summed E-state index contributed by atoms with van der Waals surface area (Å²) < 4.78 is 10.6. The van der Waals surface area contributed by atoms with E-state index in [1.807, 2.05) is 12.1 Å². The molecule has 1 aliphatic carbocycles. The lowest BCUT2D eigenvalue weighted by molar-refractivity contribution is 0.395. The first kappa shape index (κ1) is 13.3. The monoisotopic (exact) mass is 269 g/mol. The molecular formula is C14H20ClNO2. The zero-order valence-electron chi connectivity index (χ0n) is 11.1. The summed E-state index contributed by atoms with van der Waals surface area (Å²) in [5.74, 6) is 2.20. The van der Waals surface area contributed by atoms with E-state index < -0.39 is 0 Å². The Kier molecular flexibility index (Phi) is 4.23. The molecular weight excluding hydrogens is 250 g/mol. The highest BCUT2D eigenvalue weighted by molar-refractivity contribution is 6.32. The number of anilines is 1. The van der Waals surface area contributed by atoms with Crippen LogP contribution in [0.5, 0.6) is 11.5 Å². The minimum Gasteiger partial charge on any atom is -0.495 e. The molecule has 3 nitrogen and oxygen atoms in total. The first-order valence-electron chi connectivity index (χ1n) is 6.37. The number of rotatable bonds is 6. The van der Waals surface area contributed by atoms with E-state index in [1.54, 1.807) is 14.2 Å². The molecule has 0 aliphatic heterocycles. The van der Waals surface area contributed by atoms with Gasteiger partial charge in [0.25, 0.3) is 0 Å². The van der Waals surface area contributed by atoms with Crippen molar-refractivity contribution in [2.24, 2.45) is 5.92 Å². The van der Waals surface area contributed by atoms with Gasteiger partial charge < -0.3 is 14.8 Å². The molecule has 1 unspecified atom stereocenters. The van der Waals surface area contributed by atoms with Gasteiger partial charge in [0.2, 0.25) is 0 Å². The van der Waals surface area contributed by atoms with Crippen molar-refractivity contribution in [3.8, 4) is 11.5 Å². The molecule has 1 aromatic carbocycles. The number of ether oxygens (including phenoxy) is 2. The zero-order valence-corrected chi connectivity index (χ0v) is 11.9. The van der Waals surface area contributed by atoms with E-state index in [0.717, 1.165) is 23.8 Å². The van der Waals surface area contributed by atoms with Crippen molar-refractivity contribution >= 4 is 17.3 Å². The van der Waals surface area contributed by atoms with Crippen LogP contribution in [0.25, 0.3) is 0 Å². The number of hydrogen-bond donors (Lipinski definition) is 1. The lowest BCUT2D eigenvalue weighted by Gasteiger charge is -2.20. The van der Waals surface area contributed by atoms with Gasteiger partial charge in [0, 0.05) is 12.1 Å². The normalized spacial score (nSPS) is 16.2.